The number of carbonyl (C=O) groups excluding carboxylic acids is 1. The van der Waals surface area contributed by atoms with E-state index in [-0.39, 0.29) is 11.7 Å². The summed E-state index contributed by atoms with van der Waals surface area (Å²) in [5, 5.41) is 0.711. The maximum atomic E-state index is 12.8. The molecule has 0 aliphatic carbocycles. The molecular weight excluding hydrogens is 398 g/mol. The Balaban J connectivity index is 1.39. The second-order valence-corrected chi connectivity index (χ2v) is 9.49. The van der Waals surface area contributed by atoms with Gasteiger partial charge in [0.2, 0.25) is 10.0 Å². The summed E-state index contributed by atoms with van der Waals surface area (Å²) in [5.41, 5.74) is 2.31. The largest absolute Gasteiger partial charge is 0.368 e. The number of amides is 1. The third kappa shape index (κ3) is 3.82. The van der Waals surface area contributed by atoms with E-state index in [2.05, 4.69) is 4.90 Å². The maximum Gasteiger partial charge on any atom is 0.253 e. The molecule has 6 nitrogen and oxygen atoms in total. The Bertz CT molecular complexity index is 953. The Labute approximate surface area is 170 Å². The minimum atomic E-state index is -3.20. The third-order valence-corrected chi connectivity index (χ3v) is 7.38. The summed E-state index contributed by atoms with van der Waals surface area (Å²) >= 11 is 5.94. The van der Waals surface area contributed by atoms with E-state index in [4.69, 9.17) is 11.6 Å². The van der Waals surface area contributed by atoms with Crippen molar-refractivity contribution in [3.8, 4) is 0 Å². The van der Waals surface area contributed by atoms with Gasteiger partial charge in [-0.1, -0.05) is 11.6 Å². The SMILES string of the molecule is O=C(c1ccc(N2CCCS2(=O)=O)cc1)N1CCN(c2ccc(Cl)cc2)CC1. The van der Waals surface area contributed by atoms with Crippen LogP contribution >= 0.6 is 11.6 Å². The number of benzene rings is 2. The van der Waals surface area contributed by atoms with Crippen molar-refractivity contribution in [1.29, 1.82) is 0 Å². The van der Waals surface area contributed by atoms with E-state index in [0.717, 1.165) is 18.8 Å². The number of nitrogens with zero attached hydrogens (tertiary/aromatic N) is 3. The molecule has 28 heavy (non-hydrogen) atoms. The Kier molecular flexibility index (Phi) is 5.21. The predicted octanol–water partition coefficient (Wildman–Crippen LogP) is 2.84. The van der Waals surface area contributed by atoms with Gasteiger partial charge in [0.1, 0.15) is 0 Å². The van der Waals surface area contributed by atoms with E-state index in [1.807, 2.05) is 29.2 Å². The van der Waals surface area contributed by atoms with Gasteiger partial charge in [-0.3, -0.25) is 9.10 Å². The normalized spacial score (nSPS) is 19.1. The third-order valence-electron chi connectivity index (χ3n) is 5.26. The monoisotopic (exact) mass is 419 g/mol. The van der Waals surface area contributed by atoms with Crippen molar-refractivity contribution in [3.05, 3.63) is 59.1 Å². The number of piperazine rings is 1. The number of sulfonamides is 1. The molecule has 2 heterocycles. The summed E-state index contributed by atoms with van der Waals surface area (Å²) in [6.07, 6.45) is 0.640. The molecule has 148 valence electrons. The lowest BCUT2D eigenvalue weighted by molar-refractivity contribution is 0.0747. The smallest absolute Gasteiger partial charge is 0.253 e. The van der Waals surface area contributed by atoms with Crippen LogP contribution in [0.4, 0.5) is 11.4 Å². The highest BCUT2D eigenvalue weighted by molar-refractivity contribution is 7.93. The van der Waals surface area contributed by atoms with Crippen LogP contribution in [0.5, 0.6) is 0 Å². The van der Waals surface area contributed by atoms with Crippen LogP contribution in [0.2, 0.25) is 5.02 Å². The highest BCUT2D eigenvalue weighted by Crippen LogP contribution is 2.25. The fourth-order valence-electron chi connectivity index (χ4n) is 3.70. The van der Waals surface area contributed by atoms with Crippen LogP contribution < -0.4 is 9.21 Å². The van der Waals surface area contributed by atoms with Crippen molar-refractivity contribution in [1.82, 2.24) is 4.90 Å². The van der Waals surface area contributed by atoms with Gasteiger partial charge in [-0.2, -0.15) is 0 Å². The van der Waals surface area contributed by atoms with Crippen molar-refractivity contribution < 1.29 is 13.2 Å². The van der Waals surface area contributed by atoms with E-state index in [1.54, 1.807) is 24.3 Å². The van der Waals surface area contributed by atoms with E-state index in [9.17, 15) is 13.2 Å². The van der Waals surface area contributed by atoms with Crippen molar-refractivity contribution in [2.24, 2.45) is 0 Å². The molecule has 1 amide bonds. The van der Waals surface area contributed by atoms with Gasteiger partial charge >= 0.3 is 0 Å². The summed E-state index contributed by atoms with van der Waals surface area (Å²) in [6.45, 7) is 3.31. The number of hydrogen-bond acceptors (Lipinski definition) is 4. The zero-order chi connectivity index (χ0) is 19.7. The number of hydrogen-bond donors (Lipinski definition) is 0. The van der Waals surface area contributed by atoms with Gasteiger partial charge in [0.15, 0.2) is 0 Å². The van der Waals surface area contributed by atoms with Crippen LogP contribution in [-0.4, -0.2) is 57.7 Å². The summed E-state index contributed by atoms with van der Waals surface area (Å²) in [5.74, 6) is 0.164. The first kappa shape index (κ1) is 19.1. The number of carbonyl (C=O) groups is 1. The second kappa shape index (κ2) is 7.64. The van der Waals surface area contributed by atoms with Crippen LogP contribution in [0, 0.1) is 0 Å². The van der Waals surface area contributed by atoms with Gasteiger partial charge in [0, 0.05) is 49.0 Å². The van der Waals surface area contributed by atoms with E-state index in [1.165, 1.54) is 4.31 Å². The number of anilines is 2. The molecule has 2 aromatic rings. The van der Waals surface area contributed by atoms with Gasteiger partial charge in [-0.25, -0.2) is 8.42 Å². The van der Waals surface area contributed by atoms with Gasteiger partial charge < -0.3 is 9.80 Å². The molecular formula is C20H22ClN3O3S. The Morgan fingerprint density at radius 3 is 2.00 bits per heavy atom. The molecule has 0 radical (unpaired) electrons. The Morgan fingerprint density at radius 1 is 0.821 bits per heavy atom. The Hall–Kier alpha value is -2.25. The van der Waals surface area contributed by atoms with Crippen molar-refractivity contribution in [2.45, 2.75) is 6.42 Å². The van der Waals surface area contributed by atoms with Crippen LogP contribution in [0.15, 0.2) is 48.5 Å². The number of rotatable bonds is 3. The molecule has 0 aromatic heterocycles. The minimum absolute atomic E-state index is 0.0217. The molecule has 0 atom stereocenters. The van der Waals surface area contributed by atoms with E-state index in [0.29, 0.717) is 42.3 Å². The summed E-state index contributed by atoms with van der Waals surface area (Å²) in [4.78, 5) is 16.9. The van der Waals surface area contributed by atoms with Gasteiger partial charge in [0.25, 0.3) is 5.91 Å². The molecule has 0 spiro atoms. The molecule has 4 rings (SSSR count). The highest BCUT2D eigenvalue weighted by Gasteiger charge is 2.29. The molecule has 2 fully saturated rings. The molecule has 0 bridgehead atoms. The fraction of sp³-hybridized carbons (Fsp3) is 0.350. The number of halogens is 1. The molecule has 0 unspecified atom stereocenters. The topological polar surface area (TPSA) is 60.9 Å². The van der Waals surface area contributed by atoms with E-state index < -0.39 is 10.0 Å². The summed E-state index contributed by atoms with van der Waals surface area (Å²) in [6, 6.07) is 14.6. The van der Waals surface area contributed by atoms with Crippen molar-refractivity contribution in [2.75, 3.05) is 47.7 Å². The van der Waals surface area contributed by atoms with Gasteiger partial charge in [0.05, 0.1) is 11.4 Å². The average Bonchev–Trinajstić information content (AvgIpc) is 3.07. The van der Waals surface area contributed by atoms with Crippen LogP contribution in [0.25, 0.3) is 0 Å². The second-order valence-electron chi connectivity index (χ2n) is 7.04. The zero-order valence-corrected chi connectivity index (χ0v) is 17.0. The van der Waals surface area contributed by atoms with Crippen LogP contribution in [-0.2, 0) is 10.0 Å². The molecule has 2 aliphatic rings. The molecule has 0 N–H and O–H groups in total. The molecule has 2 aromatic carbocycles. The average molecular weight is 420 g/mol. The van der Waals surface area contributed by atoms with E-state index >= 15 is 0 Å². The highest BCUT2D eigenvalue weighted by atomic mass is 35.5. The quantitative estimate of drug-likeness (QED) is 0.767. The maximum absolute atomic E-state index is 12.8. The minimum Gasteiger partial charge on any atom is -0.368 e. The zero-order valence-electron chi connectivity index (χ0n) is 15.4. The lowest BCUT2D eigenvalue weighted by atomic mass is 10.1. The van der Waals surface area contributed by atoms with Crippen molar-refractivity contribution in [3.63, 3.8) is 0 Å². The summed E-state index contributed by atoms with van der Waals surface area (Å²) < 4.78 is 25.5. The summed E-state index contributed by atoms with van der Waals surface area (Å²) in [7, 11) is -3.20. The molecule has 2 saturated heterocycles. The predicted molar refractivity (Wildman–Crippen MR) is 112 cm³/mol. The lowest BCUT2D eigenvalue weighted by Crippen LogP contribution is -2.48. The van der Waals surface area contributed by atoms with Gasteiger partial charge in [-0.15, -0.1) is 0 Å². The standard InChI is InChI=1S/C20H22ClN3O3S/c21-17-4-8-18(9-5-17)22-11-13-23(14-12-22)20(25)16-2-6-19(7-3-16)24-10-1-15-28(24,26)27/h2-9H,1,10-15H2. The molecule has 2 aliphatic heterocycles. The molecule has 8 heteroatoms. The Morgan fingerprint density at radius 2 is 1.43 bits per heavy atom. The first-order valence-electron chi connectivity index (χ1n) is 9.34. The van der Waals surface area contributed by atoms with Gasteiger partial charge in [-0.05, 0) is 55.0 Å². The lowest BCUT2D eigenvalue weighted by Gasteiger charge is -2.36. The molecule has 0 saturated carbocycles. The first-order chi connectivity index (χ1) is 13.4. The van der Waals surface area contributed by atoms with Crippen molar-refractivity contribution >= 4 is 38.9 Å². The van der Waals surface area contributed by atoms with Crippen LogP contribution in [0.1, 0.15) is 16.8 Å². The van der Waals surface area contributed by atoms with Crippen LogP contribution in [0.3, 0.4) is 0 Å². The fourth-order valence-corrected chi connectivity index (χ4v) is 5.39. The first-order valence-corrected chi connectivity index (χ1v) is 11.3.